The van der Waals surface area contributed by atoms with Gasteiger partial charge in [0.25, 0.3) is 0 Å². The van der Waals surface area contributed by atoms with Crippen LogP contribution in [0.2, 0.25) is 0 Å². The number of nitrogens with zero attached hydrogens (tertiary/aromatic N) is 3. The first-order valence-corrected chi connectivity index (χ1v) is 7.32. The van der Waals surface area contributed by atoms with Crippen molar-refractivity contribution in [1.29, 1.82) is 0 Å². The molecule has 6 nitrogen and oxygen atoms in total. The van der Waals surface area contributed by atoms with Gasteiger partial charge in [-0.05, 0) is 0 Å². The largest absolute Gasteiger partial charge is 0.356 e. The summed E-state index contributed by atoms with van der Waals surface area (Å²) >= 11 is 1.90. The van der Waals surface area contributed by atoms with Crippen molar-refractivity contribution in [1.82, 2.24) is 25.4 Å². The smallest absolute Gasteiger partial charge is 0.221 e. The molecule has 1 saturated heterocycles. The molecule has 1 aliphatic rings. The molecular weight excluding hydrogens is 250 g/mol. The van der Waals surface area contributed by atoms with Gasteiger partial charge in [0.1, 0.15) is 6.33 Å². The number of nitrogens with one attached hydrogen (secondary N) is 2. The molecule has 1 aromatic heterocycles. The molecule has 0 spiro atoms. The summed E-state index contributed by atoms with van der Waals surface area (Å²) in [5.74, 6) is 3.04. The van der Waals surface area contributed by atoms with Crippen molar-refractivity contribution in [2.24, 2.45) is 7.05 Å². The predicted octanol–water partition coefficient (Wildman–Crippen LogP) is -0.431. The Morgan fingerprint density at radius 3 is 3.28 bits per heavy atom. The van der Waals surface area contributed by atoms with Gasteiger partial charge in [0.2, 0.25) is 5.91 Å². The maximum atomic E-state index is 11.7. The number of carbonyl (C=O) groups excluding carboxylic acids is 1. The van der Waals surface area contributed by atoms with Crippen molar-refractivity contribution in [3.63, 3.8) is 0 Å². The normalized spacial score (nSPS) is 19.7. The topological polar surface area (TPSA) is 71.8 Å². The Kier molecular flexibility index (Phi) is 5.00. The fraction of sp³-hybridized carbons (Fsp3) is 0.727. The van der Waals surface area contributed by atoms with Crippen LogP contribution in [0.25, 0.3) is 0 Å². The minimum Gasteiger partial charge on any atom is -0.356 e. The molecule has 1 amide bonds. The first-order valence-electron chi connectivity index (χ1n) is 6.16. The van der Waals surface area contributed by atoms with E-state index in [0.717, 1.165) is 23.9 Å². The Morgan fingerprint density at radius 2 is 2.61 bits per heavy atom. The lowest BCUT2D eigenvalue weighted by molar-refractivity contribution is -0.121. The molecule has 0 bridgehead atoms. The zero-order valence-electron chi connectivity index (χ0n) is 10.6. The average Bonchev–Trinajstić information content (AvgIpc) is 2.76. The molecule has 0 aromatic carbocycles. The summed E-state index contributed by atoms with van der Waals surface area (Å²) in [5, 5.41) is 10.4. The summed E-state index contributed by atoms with van der Waals surface area (Å²) in [4.78, 5) is 15.8. The Balaban J connectivity index is 1.62. The van der Waals surface area contributed by atoms with E-state index in [2.05, 4.69) is 20.7 Å². The Labute approximate surface area is 111 Å². The van der Waals surface area contributed by atoms with Gasteiger partial charge < -0.3 is 10.6 Å². The lowest BCUT2D eigenvalue weighted by Gasteiger charge is -2.22. The number of rotatable bonds is 5. The van der Waals surface area contributed by atoms with E-state index in [9.17, 15) is 4.79 Å². The number of amides is 1. The quantitative estimate of drug-likeness (QED) is 0.759. The van der Waals surface area contributed by atoms with Gasteiger partial charge in [-0.3, -0.25) is 9.48 Å². The van der Waals surface area contributed by atoms with Crippen molar-refractivity contribution >= 4 is 17.7 Å². The van der Waals surface area contributed by atoms with Crippen LogP contribution in [0, 0.1) is 0 Å². The third-order valence-electron chi connectivity index (χ3n) is 2.75. The molecule has 1 atom stereocenters. The van der Waals surface area contributed by atoms with Crippen molar-refractivity contribution in [2.45, 2.75) is 18.9 Å². The SMILES string of the molecule is Cn1cnc(CCNC(=O)CC2CSCCN2)n1. The highest BCUT2D eigenvalue weighted by Gasteiger charge is 2.16. The van der Waals surface area contributed by atoms with E-state index in [1.807, 2.05) is 18.8 Å². The molecule has 7 heteroatoms. The molecule has 0 saturated carbocycles. The summed E-state index contributed by atoms with van der Waals surface area (Å²) < 4.78 is 1.67. The molecule has 1 unspecified atom stereocenters. The summed E-state index contributed by atoms with van der Waals surface area (Å²) in [5.41, 5.74) is 0. The van der Waals surface area contributed by atoms with Gasteiger partial charge >= 0.3 is 0 Å². The molecule has 2 heterocycles. The monoisotopic (exact) mass is 269 g/mol. The number of aryl methyl sites for hydroxylation is 1. The van der Waals surface area contributed by atoms with Crippen LogP contribution < -0.4 is 10.6 Å². The molecule has 1 aliphatic heterocycles. The van der Waals surface area contributed by atoms with Crippen LogP contribution in [0.1, 0.15) is 12.2 Å². The highest BCUT2D eigenvalue weighted by molar-refractivity contribution is 7.99. The summed E-state index contributed by atoms with van der Waals surface area (Å²) in [6, 6.07) is 0.316. The first-order chi connectivity index (χ1) is 8.74. The van der Waals surface area contributed by atoms with E-state index in [4.69, 9.17) is 0 Å². The van der Waals surface area contributed by atoms with E-state index in [-0.39, 0.29) is 5.91 Å². The van der Waals surface area contributed by atoms with Crippen LogP contribution in [-0.2, 0) is 18.3 Å². The summed E-state index contributed by atoms with van der Waals surface area (Å²) in [6.45, 7) is 1.60. The van der Waals surface area contributed by atoms with E-state index < -0.39 is 0 Å². The second-order valence-corrected chi connectivity index (χ2v) is 5.51. The van der Waals surface area contributed by atoms with Gasteiger partial charge in [0.15, 0.2) is 5.82 Å². The lowest BCUT2D eigenvalue weighted by Crippen LogP contribution is -2.41. The molecule has 18 heavy (non-hydrogen) atoms. The van der Waals surface area contributed by atoms with Crippen molar-refractivity contribution in [3.05, 3.63) is 12.2 Å². The number of aromatic nitrogens is 3. The minimum absolute atomic E-state index is 0.103. The summed E-state index contributed by atoms with van der Waals surface area (Å²) in [7, 11) is 1.83. The maximum Gasteiger partial charge on any atom is 0.221 e. The van der Waals surface area contributed by atoms with Crippen LogP contribution in [0.15, 0.2) is 6.33 Å². The van der Waals surface area contributed by atoms with E-state index in [1.54, 1.807) is 11.0 Å². The summed E-state index contributed by atoms with van der Waals surface area (Å²) in [6.07, 6.45) is 2.91. The standard InChI is InChI=1S/C11H19N5OS/c1-16-8-14-10(15-16)2-3-13-11(17)6-9-7-18-5-4-12-9/h8-9,12H,2-7H2,1H3,(H,13,17). The van der Waals surface area contributed by atoms with Gasteiger partial charge in [-0.25, -0.2) is 4.98 Å². The molecular formula is C11H19N5OS. The molecule has 2 N–H and O–H groups in total. The third-order valence-corrected chi connectivity index (χ3v) is 3.88. The zero-order valence-corrected chi connectivity index (χ0v) is 11.4. The van der Waals surface area contributed by atoms with Gasteiger partial charge in [-0.1, -0.05) is 0 Å². The second kappa shape index (κ2) is 6.75. The van der Waals surface area contributed by atoms with Gasteiger partial charge in [0, 0.05) is 50.5 Å². The van der Waals surface area contributed by atoms with Crippen molar-refractivity contribution in [2.75, 3.05) is 24.6 Å². The number of hydrogen-bond acceptors (Lipinski definition) is 5. The first kappa shape index (κ1) is 13.4. The Bertz CT molecular complexity index is 389. The van der Waals surface area contributed by atoms with Crippen LogP contribution in [0.4, 0.5) is 0 Å². The molecule has 0 radical (unpaired) electrons. The Morgan fingerprint density at radius 1 is 1.72 bits per heavy atom. The third kappa shape index (κ3) is 4.30. The number of carbonyl (C=O) groups is 1. The van der Waals surface area contributed by atoms with Crippen LogP contribution in [0.3, 0.4) is 0 Å². The van der Waals surface area contributed by atoms with Crippen molar-refractivity contribution in [3.8, 4) is 0 Å². The second-order valence-electron chi connectivity index (χ2n) is 4.36. The maximum absolute atomic E-state index is 11.7. The predicted molar refractivity (Wildman–Crippen MR) is 71.4 cm³/mol. The van der Waals surface area contributed by atoms with Gasteiger partial charge in [0.05, 0.1) is 0 Å². The zero-order chi connectivity index (χ0) is 12.8. The number of thioether (sulfide) groups is 1. The fourth-order valence-electron chi connectivity index (χ4n) is 1.86. The van der Waals surface area contributed by atoms with E-state index >= 15 is 0 Å². The van der Waals surface area contributed by atoms with E-state index in [0.29, 0.717) is 25.4 Å². The lowest BCUT2D eigenvalue weighted by atomic mass is 10.2. The average molecular weight is 269 g/mol. The Hall–Kier alpha value is -1.08. The molecule has 0 aliphatic carbocycles. The molecule has 100 valence electrons. The molecule has 1 fully saturated rings. The highest BCUT2D eigenvalue weighted by Crippen LogP contribution is 2.09. The fourth-order valence-corrected chi connectivity index (χ4v) is 2.81. The molecule has 2 rings (SSSR count). The van der Waals surface area contributed by atoms with Gasteiger partial charge in [-0.2, -0.15) is 16.9 Å². The van der Waals surface area contributed by atoms with Crippen LogP contribution >= 0.6 is 11.8 Å². The van der Waals surface area contributed by atoms with Crippen molar-refractivity contribution < 1.29 is 4.79 Å². The number of hydrogen-bond donors (Lipinski definition) is 2. The minimum atomic E-state index is 0.103. The van der Waals surface area contributed by atoms with Crippen LogP contribution in [-0.4, -0.2) is 51.3 Å². The van der Waals surface area contributed by atoms with E-state index in [1.165, 1.54) is 0 Å². The van der Waals surface area contributed by atoms with Gasteiger partial charge in [-0.15, -0.1) is 0 Å². The highest BCUT2D eigenvalue weighted by atomic mass is 32.2. The van der Waals surface area contributed by atoms with Crippen LogP contribution in [0.5, 0.6) is 0 Å². The molecule has 1 aromatic rings.